The van der Waals surface area contributed by atoms with Crippen LogP contribution in [0.4, 0.5) is 5.69 Å². The quantitative estimate of drug-likeness (QED) is 0.268. The molecule has 0 aromatic heterocycles. The molecule has 4 rings (SSSR count). The van der Waals surface area contributed by atoms with Gasteiger partial charge in [-0.2, -0.15) is 4.72 Å². The standard InChI is InChI=1S/C29H25ClN2O5S/c1-37-23-13-15-24(16-14-23)38(35,36)32-27(18-20-8-4-2-5-9-20)29(34)31-26-17-12-22(30)19-25(26)28(33)21-10-6-3-7-11-21/h2-17,19,27,32H,18H2,1H3,(H,31,34). The summed E-state index contributed by atoms with van der Waals surface area (Å²) in [5.41, 5.74) is 1.58. The van der Waals surface area contributed by atoms with Crippen molar-refractivity contribution in [2.24, 2.45) is 0 Å². The molecular formula is C29H25ClN2O5S. The predicted octanol–water partition coefficient (Wildman–Crippen LogP) is 5.11. The second-order valence-corrected chi connectivity index (χ2v) is 10.6. The van der Waals surface area contributed by atoms with Gasteiger partial charge in [0, 0.05) is 16.1 Å². The summed E-state index contributed by atoms with van der Waals surface area (Å²) in [6.45, 7) is 0. The zero-order valence-corrected chi connectivity index (χ0v) is 22.0. The summed E-state index contributed by atoms with van der Waals surface area (Å²) in [4.78, 5) is 26.7. The molecule has 0 radical (unpaired) electrons. The predicted molar refractivity (Wildman–Crippen MR) is 147 cm³/mol. The number of ether oxygens (including phenoxy) is 1. The van der Waals surface area contributed by atoms with Gasteiger partial charge >= 0.3 is 0 Å². The van der Waals surface area contributed by atoms with Gasteiger partial charge in [0.2, 0.25) is 15.9 Å². The highest BCUT2D eigenvalue weighted by Gasteiger charge is 2.27. The number of amides is 1. The summed E-state index contributed by atoms with van der Waals surface area (Å²) in [5.74, 6) is -0.460. The monoisotopic (exact) mass is 548 g/mol. The lowest BCUT2D eigenvalue weighted by atomic mass is 10.0. The summed E-state index contributed by atoms with van der Waals surface area (Å²) in [7, 11) is -2.59. The van der Waals surface area contributed by atoms with Crippen LogP contribution < -0.4 is 14.8 Å². The van der Waals surface area contributed by atoms with E-state index in [0.29, 0.717) is 16.3 Å². The lowest BCUT2D eigenvalue weighted by molar-refractivity contribution is -0.117. The van der Waals surface area contributed by atoms with Gasteiger partial charge in [-0.05, 0) is 54.4 Å². The Morgan fingerprint density at radius 1 is 0.868 bits per heavy atom. The molecule has 38 heavy (non-hydrogen) atoms. The van der Waals surface area contributed by atoms with E-state index in [1.807, 2.05) is 6.07 Å². The molecule has 0 aliphatic heterocycles. The number of anilines is 1. The third-order valence-corrected chi connectivity index (χ3v) is 7.51. The molecule has 0 saturated carbocycles. The Labute approximate surface area is 226 Å². The highest BCUT2D eigenvalue weighted by atomic mass is 35.5. The molecule has 9 heteroatoms. The van der Waals surface area contributed by atoms with Crippen LogP contribution in [0.25, 0.3) is 0 Å². The van der Waals surface area contributed by atoms with Gasteiger partial charge in [0.25, 0.3) is 0 Å². The lowest BCUT2D eigenvalue weighted by Crippen LogP contribution is -2.45. The maximum absolute atomic E-state index is 13.5. The fourth-order valence-electron chi connectivity index (χ4n) is 3.83. The summed E-state index contributed by atoms with van der Waals surface area (Å²) in [5, 5.41) is 3.06. The number of hydrogen-bond acceptors (Lipinski definition) is 5. The van der Waals surface area contributed by atoms with Gasteiger partial charge in [-0.25, -0.2) is 8.42 Å². The van der Waals surface area contributed by atoms with Gasteiger partial charge in [0.1, 0.15) is 11.8 Å². The van der Waals surface area contributed by atoms with Crippen LogP contribution >= 0.6 is 11.6 Å². The number of benzene rings is 4. The summed E-state index contributed by atoms with van der Waals surface area (Å²) in [6.07, 6.45) is 0.0810. The van der Waals surface area contributed by atoms with E-state index >= 15 is 0 Å². The van der Waals surface area contributed by atoms with Crippen LogP contribution in [0, 0.1) is 0 Å². The van der Waals surface area contributed by atoms with E-state index < -0.39 is 22.0 Å². The Morgan fingerprint density at radius 3 is 2.13 bits per heavy atom. The summed E-state index contributed by atoms with van der Waals surface area (Å²) in [6, 6.07) is 26.8. The van der Waals surface area contributed by atoms with Gasteiger partial charge in [-0.15, -0.1) is 0 Å². The number of nitrogens with one attached hydrogen (secondary N) is 2. The first-order valence-electron chi connectivity index (χ1n) is 11.7. The maximum atomic E-state index is 13.5. The summed E-state index contributed by atoms with van der Waals surface area (Å²) >= 11 is 6.17. The number of methoxy groups -OCH3 is 1. The van der Waals surface area contributed by atoms with Crippen LogP contribution in [-0.4, -0.2) is 33.3 Å². The second-order valence-electron chi connectivity index (χ2n) is 8.41. The van der Waals surface area contributed by atoms with Crippen molar-refractivity contribution in [3.05, 3.63) is 125 Å². The number of carbonyl (C=O) groups is 2. The second kappa shape index (κ2) is 12.0. The fraction of sp³-hybridized carbons (Fsp3) is 0.103. The zero-order valence-electron chi connectivity index (χ0n) is 20.4. The molecule has 1 amide bonds. The van der Waals surface area contributed by atoms with E-state index in [2.05, 4.69) is 10.0 Å². The molecule has 0 spiro atoms. The van der Waals surface area contributed by atoms with Crippen molar-refractivity contribution >= 4 is 39.0 Å². The number of hydrogen-bond donors (Lipinski definition) is 2. The first-order chi connectivity index (χ1) is 18.3. The van der Waals surface area contributed by atoms with Crippen LogP contribution in [0.3, 0.4) is 0 Å². The molecule has 0 heterocycles. The van der Waals surface area contributed by atoms with Crippen LogP contribution in [0.15, 0.2) is 108 Å². The van der Waals surface area contributed by atoms with Crippen molar-refractivity contribution in [1.82, 2.24) is 4.72 Å². The smallest absolute Gasteiger partial charge is 0.242 e. The molecular weight excluding hydrogens is 524 g/mol. The Bertz CT molecular complexity index is 1530. The van der Waals surface area contributed by atoms with E-state index in [-0.39, 0.29) is 28.4 Å². The van der Waals surface area contributed by atoms with Crippen LogP contribution in [0.2, 0.25) is 5.02 Å². The van der Waals surface area contributed by atoms with Gasteiger partial charge < -0.3 is 10.1 Å². The molecule has 4 aromatic carbocycles. The van der Waals surface area contributed by atoms with Gasteiger partial charge in [-0.1, -0.05) is 72.3 Å². The Balaban J connectivity index is 1.64. The van der Waals surface area contributed by atoms with Crippen molar-refractivity contribution < 1.29 is 22.7 Å². The minimum atomic E-state index is -4.07. The SMILES string of the molecule is COc1ccc(S(=O)(=O)NC(Cc2ccccc2)C(=O)Nc2ccc(Cl)cc2C(=O)c2ccccc2)cc1. The molecule has 0 aliphatic carbocycles. The van der Waals surface area contributed by atoms with E-state index in [4.69, 9.17) is 16.3 Å². The molecule has 0 bridgehead atoms. The molecule has 0 aliphatic rings. The Kier molecular flexibility index (Phi) is 8.58. The molecule has 0 fully saturated rings. The molecule has 4 aromatic rings. The number of halogens is 1. The number of ketones is 1. The van der Waals surface area contributed by atoms with Crippen molar-refractivity contribution in [2.75, 3.05) is 12.4 Å². The largest absolute Gasteiger partial charge is 0.497 e. The van der Waals surface area contributed by atoms with Gasteiger partial charge in [0.05, 0.1) is 17.7 Å². The number of sulfonamides is 1. The molecule has 194 valence electrons. The minimum absolute atomic E-state index is 0.0180. The van der Waals surface area contributed by atoms with Gasteiger partial charge in [-0.3, -0.25) is 9.59 Å². The molecule has 2 N–H and O–H groups in total. The highest BCUT2D eigenvalue weighted by molar-refractivity contribution is 7.89. The number of carbonyl (C=O) groups excluding carboxylic acids is 2. The molecule has 0 saturated heterocycles. The average molecular weight is 549 g/mol. The first kappa shape index (κ1) is 27.1. The van der Waals surface area contributed by atoms with Crippen molar-refractivity contribution in [3.8, 4) is 5.75 Å². The van der Waals surface area contributed by atoms with Crippen molar-refractivity contribution in [3.63, 3.8) is 0 Å². The third-order valence-electron chi connectivity index (χ3n) is 5.79. The average Bonchev–Trinajstić information content (AvgIpc) is 2.94. The third kappa shape index (κ3) is 6.66. The van der Waals surface area contributed by atoms with Gasteiger partial charge in [0.15, 0.2) is 5.78 Å². The lowest BCUT2D eigenvalue weighted by Gasteiger charge is -2.20. The van der Waals surface area contributed by atoms with E-state index in [0.717, 1.165) is 5.56 Å². The van der Waals surface area contributed by atoms with Crippen LogP contribution in [-0.2, 0) is 21.2 Å². The topological polar surface area (TPSA) is 102 Å². The van der Waals surface area contributed by atoms with Crippen LogP contribution in [0.5, 0.6) is 5.75 Å². The Morgan fingerprint density at radius 2 is 1.50 bits per heavy atom. The minimum Gasteiger partial charge on any atom is -0.497 e. The molecule has 1 unspecified atom stereocenters. The van der Waals surface area contributed by atoms with Crippen LogP contribution in [0.1, 0.15) is 21.5 Å². The Hall–Kier alpha value is -3.98. The van der Waals surface area contributed by atoms with Crippen molar-refractivity contribution in [2.45, 2.75) is 17.4 Å². The molecule has 7 nitrogen and oxygen atoms in total. The highest BCUT2D eigenvalue weighted by Crippen LogP contribution is 2.25. The van der Waals surface area contributed by atoms with E-state index in [1.54, 1.807) is 60.7 Å². The fourth-order valence-corrected chi connectivity index (χ4v) is 5.19. The number of rotatable bonds is 10. The zero-order chi connectivity index (χ0) is 27.1. The normalized spacial score (nSPS) is 11.9. The summed E-state index contributed by atoms with van der Waals surface area (Å²) < 4.78 is 34.0. The molecule has 1 atom stereocenters. The van der Waals surface area contributed by atoms with E-state index in [9.17, 15) is 18.0 Å². The van der Waals surface area contributed by atoms with E-state index in [1.165, 1.54) is 43.5 Å². The van der Waals surface area contributed by atoms with Crippen molar-refractivity contribution in [1.29, 1.82) is 0 Å². The maximum Gasteiger partial charge on any atom is 0.242 e. The first-order valence-corrected chi connectivity index (χ1v) is 13.5.